The van der Waals surface area contributed by atoms with Crippen LogP contribution >= 0.6 is 0 Å². The van der Waals surface area contributed by atoms with Crippen molar-refractivity contribution in [2.45, 2.75) is 46.5 Å². The topological polar surface area (TPSA) is 48.9 Å². The minimum atomic E-state index is -0.00996. The third kappa shape index (κ3) is 3.73. The number of imidazole rings is 1. The molecular formula is C18H26N2O. The predicted octanol–water partition coefficient (Wildman–Crippen LogP) is 3.85. The maximum absolute atomic E-state index is 9.31. The molecule has 1 unspecified atom stereocenters. The summed E-state index contributed by atoms with van der Waals surface area (Å²) in [6, 6.07) is 8.40. The molecule has 1 aromatic heterocycles. The van der Waals surface area contributed by atoms with Crippen molar-refractivity contribution in [2.75, 3.05) is 6.61 Å². The fourth-order valence-electron chi connectivity index (χ4n) is 2.44. The molecule has 114 valence electrons. The summed E-state index contributed by atoms with van der Waals surface area (Å²) < 4.78 is 0. The van der Waals surface area contributed by atoms with E-state index in [9.17, 15) is 5.11 Å². The van der Waals surface area contributed by atoms with Gasteiger partial charge in [-0.05, 0) is 19.3 Å². The second-order valence-electron chi connectivity index (χ2n) is 7.02. The lowest BCUT2D eigenvalue weighted by Gasteiger charge is -2.18. The number of benzene rings is 1. The highest BCUT2D eigenvalue weighted by Crippen LogP contribution is 2.29. The van der Waals surface area contributed by atoms with Crippen LogP contribution in [0.2, 0.25) is 0 Å². The summed E-state index contributed by atoms with van der Waals surface area (Å²) in [6.07, 6.45) is 0.821. The number of aliphatic hydroxyl groups excluding tert-OH is 1. The van der Waals surface area contributed by atoms with Crippen molar-refractivity contribution in [3.8, 4) is 11.4 Å². The Kier molecular flexibility index (Phi) is 4.52. The molecule has 0 saturated heterocycles. The van der Waals surface area contributed by atoms with Gasteiger partial charge >= 0.3 is 0 Å². The first-order valence-corrected chi connectivity index (χ1v) is 7.58. The van der Waals surface area contributed by atoms with Crippen LogP contribution in [0.15, 0.2) is 24.3 Å². The van der Waals surface area contributed by atoms with Gasteiger partial charge in [0.1, 0.15) is 5.82 Å². The van der Waals surface area contributed by atoms with E-state index < -0.39 is 0 Å². The second-order valence-corrected chi connectivity index (χ2v) is 7.02. The molecule has 3 heteroatoms. The normalized spacial score (nSPS) is 13.4. The number of aryl methyl sites for hydroxylation is 1. The molecular weight excluding hydrogens is 260 g/mol. The van der Waals surface area contributed by atoms with E-state index in [-0.39, 0.29) is 17.9 Å². The van der Waals surface area contributed by atoms with Gasteiger partial charge in [-0.2, -0.15) is 0 Å². The Labute approximate surface area is 127 Å². The maximum atomic E-state index is 9.31. The average molecular weight is 286 g/mol. The van der Waals surface area contributed by atoms with Gasteiger partial charge in [0, 0.05) is 23.3 Å². The van der Waals surface area contributed by atoms with Crippen molar-refractivity contribution in [1.29, 1.82) is 0 Å². The Morgan fingerprint density at radius 2 is 1.81 bits per heavy atom. The highest BCUT2D eigenvalue weighted by Gasteiger charge is 2.24. The molecule has 0 spiro atoms. The summed E-state index contributed by atoms with van der Waals surface area (Å²) in [5.41, 5.74) is 4.58. The SMILES string of the molecule is Cc1ccc(-c2nc(C(C)(C)C)c(CC(C)CO)[nH]2)cc1. The van der Waals surface area contributed by atoms with Crippen LogP contribution in [0, 0.1) is 12.8 Å². The highest BCUT2D eigenvalue weighted by molar-refractivity contribution is 5.57. The van der Waals surface area contributed by atoms with Gasteiger partial charge in [-0.1, -0.05) is 57.5 Å². The molecule has 2 rings (SSSR count). The standard InChI is InChI=1S/C18H26N2O/c1-12-6-8-14(9-7-12)17-19-15(10-13(2)11-21)16(20-17)18(3,4)5/h6-9,13,21H,10-11H2,1-5H3,(H,19,20). The lowest BCUT2D eigenvalue weighted by Crippen LogP contribution is -2.16. The van der Waals surface area contributed by atoms with Gasteiger partial charge in [-0.3, -0.25) is 0 Å². The quantitative estimate of drug-likeness (QED) is 0.896. The first-order chi connectivity index (χ1) is 9.81. The molecule has 3 nitrogen and oxygen atoms in total. The minimum Gasteiger partial charge on any atom is -0.396 e. The fourth-order valence-corrected chi connectivity index (χ4v) is 2.44. The van der Waals surface area contributed by atoms with Crippen LogP contribution in [0.3, 0.4) is 0 Å². The van der Waals surface area contributed by atoms with Crippen molar-refractivity contribution in [3.05, 3.63) is 41.2 Å². The number of aliphatic hydroxyl groups is 1. The van der Waals surface area contributed by atoms with Gasteiger partial charge < -0.3 is 10.1 Å². The molecule has 0 aliphatic heterocycles. The summed E-state index contributed by atoms with van der Waals surface area (Å²) in [5, 5.41) is 9.31. The van der Waals surface area contributed by atoms with Crippen molar-refractivity contribution in [3.63, 3.8) is 0 Å². The third-order valence-electron chi connectivity index (χ3n) is 3.68. The summed E-state index contributed by atoms with van der Waals surface area (Å²) in [6.45, 7) is 10.9. The van der Waals surface area contributed by atoms with Crippen molar-refractivity contribution in [1.82, 2.24) is 9.97 Å². The number of nitrogens with one attached hydrogen (secondary N) is 1. The zero-order valence-corrected chi connectivity index (χ0v) is 13.7. The molecule has 0 saturated carbocycles. The molecule has 0 aliphatic rings. The van der Waals surface area contributed by atoms with E-state index in [1.165, 1.54) is 5.56 Å². The van der Waals surface area contributed by atoms with Gasteiger partial charge in [0.25, 0.3) is 0 Å². The molecule has 0 bridgehead atoms. The lowest BCUT2D eigenvalue weighted by atomic mass is 9.89. The van der Waals surface area contributed by atoms with Gasteiger partial charge in [0.2, 0.25) is 0 Å². The van der Waals surface area contributed by atoms with Crippen LogP contribution in [0.1, 0.15) is 44.6 Å². The van der Waals surface area contributed by atoms with Crippen LogP contribution in [0.25, 0.3) is 11.4 Å². The summed E-state index contributed by atoms with van der Waals surface area (Å²) in [4.78, 5) is 8.30. The molecule has 0 aliphatic carbocycles. The van der Waals surface area contributed by atoms with E-state index in [0.717, 1.165) is 29.2 Å². The number of hydrogen-bond acceptors (Lipinski definition) is 2. The predicted molar refractivity (Wildman–Crippen MR) is 87.4 cm³/mol. The molecule has 0 fully saturated rings. The minimum absolute atomic E-state index is 0.00996. The monoisotopic (exact) mass is 286 g/mol. The molecule has 1 heterocycles. The highest BCUT2D eigenvalue weighted by atomic mass is 16.3. The third-order valence-corrected chi connectivity index (χ3v) is 3.68. The average Bonchev–Trinajstić information content (AvgIpc) is 2.83. The number of rotatable bonds is 4. The van der Waals surface area contributed by atoms with E-state index in [2.05, 4.69) is 63.9 Å². The van der Waals surface area contributed by atoms with E-state index in [4.69, 9.17) is 4.98 Å². The van der Waals surface area contributed by atoms with Crippen LogP contribution in [-0.2, 0) is 11.8 Å². The van der Waals surface area contributed by atoms with Crippen molar-refractivity contribution in [2.24, 2.45) is 5.92 Å². The second kappa shape index (κ2) is 6.02. The molecule has 0 amide bonds. The van der Waals surface area contributed by atoms with Crippen molar-refractivity contribution < 1.29 is 5.11 Å². The Bertz CT molecular complexity index is 591. The Balaban J connectivity index is 2.42. The zero-order chi connectivity index (χ0) is 15.6. The number of aromatic nitrogens is 2. The van der Waals surface area contributed by atoms with Crippen molar-refractivity contribution >= 4 is 0 Å². The number of H-pyrrole nitrogens is 1. The number of aromatic amines is 1. The van der Waals surface area contributed by atoms with E-state index >= 15 is 0 Å². The lowest BCUT2D eigenvalue weighted by molar-refractivity contribution is 0.236. The summed E-state index contributed by atoms with van der Waals surface area (Å²) in [7, 11) is 0. The van der Waals surface area contributed by atoms with Gasteiger partial charge in [0.15, 0.2) is 0 Å². The fraction of sp³-hybridized carbons (Fsp3) is 0.500. The van der Waals surface area contributed by atoms with Crippen LogP contribution < -0.4 is 0 Å². The zero-order valence-electron chi connectivity index (χ0n) is 13.7. The summed E-state index contributed by atoms with van der Waals surface area (Å²) >= 11 is 0. The number of nitrogens with zero attached hydrogens (tertiary/aromatic N) is 1. The van der Waals surface area contributed by atoms with Gasteiger partial charge in [-0.15, -0.1) is 0 Å². The Morgan fingerprint density at radius 3 is 2.33 bits per heavy atom. The van der Waals surface area contributed by atoms with E-state index in [1.807, 2.05) is 0 Å². The molecule has 2 aromatic rings. The maximum Gasteiger partial charge on any atom is 0.137 e. The molecule has 0 radical (unpaired) electrons. The summed E-state index contributed by atoms with van der Waals surface area (Å²) in [5.74, 6) is 1.15. The first-order valence-electron chi connectivity index (χ1n) is 7.58. The Morgan fingerprint density at radius 1 is 1.19 bits per heavy atom. The largest absolute Gasteiger partial charge is 0.396 e. The molecule has 21 heavy (non-hydrogen) atoms. The molecule has 1 atom stereocenters. The van der Waals surface area contributed by atoms with E-state index in [0.29, 0.717) is 0 Å². The van der Waals surface area contributed by atoms with Gasteiger partial charge in [-0.25, -0.2) is 4.98 Å². The Hall–Kier alpha value is -1.61. The van der Waals surface area contributed by atoms with Crippen LogP contribution in [-0.4, -0.2) is 21.7 Å². The van der Waals surface area contributed by atoms with Crippen LogP contribution in [0.5, 0.6) is 0 Å². The van der Waals surface area contributed by atoms with Crippen LogP contribution in [0.4, 0.5) is 0 Å². The van der Waals surface area contributed by atoms with Gasteiger partial charge in [0.05, 0.1) is 5.69 Å². The number of hydrogen-bond donors (Lipinski definition) is 2. The van der Waals surface area contributed by atoms with E-state index in [1.54, 1.807) is 0 Å². The smallest absolute Gasteiger partial charge is 0.137 e. The molecule has 1 aromatic carbocycles. The first kappa shape index (κ1) is 15.8. The molecule has 2 N–H and O–H groups in total.